The van der Waals surface area contributed by atoms with E-state index in [4.69, 9.17) is 4.74 Å². The highest BCUT2D eigenvalue weighted by atomic mass is 16.5. The molecule has 0 aromatic carbocycles. The number of anilines is 1. The number of aromatic nitrogens is 1. The van der Waals surface area contributed by atoms with Crippen molar-refractivity contribution in [1.29, 1.82) is 0 Å². The monoisotopic (exact) mass is 249 g/mol. The van der Waals surface area contributed by atoms with E-state index >= 15 is 0 Å². The Bertz CT molecular complexity index is 356. The van der Waals surface area contributed by atoms with Gasteiger partial charge in [0.05, 0.1) is 12.2 Å². The van der Waals surface area contributed by atoms with E-state index in [1.165, 1.54) is 5.56 Å². The summed E-state index contributed by atoms with van der Waals surface area (Å²) in [5.41, 5.74) is 1.23. The Morgan fingerprint density at radius 1 is 1.33 bits per heavy atom. The van der Waals surface area contributed by atoms with Gasteiger partial charge in [-0.1, -0.05) is 13.0 Å². The summed E-state index contributed by atoms with van der Waals surface area (Å²) >= 11 is 0. The molecule has 18 heavy (non-hydrogen) atoms. The van der Waals surface area contributed by atoms with Crippen LogP contribution in [0.1, 0.15) is 26.3 Å². The Morgan fingerprint density at radius 2 is 2.06 bits per heavy atom. The lowest BCUT2D eigenvalue weighted by atomic mass is 10.2. The molecule has 1 aromatic rings. The number of nitrogens with zero attached hydrogens (tertiary/aromatic N) is 2. The fourth-order valence-corrected chi connectivity index (χ4v) is 2.34. The zero-order valence-corrected chi connectivity index (χ0v) is 11.5. The van der Waals surface area contributed by atoms with Gasteiger partial charge in [0.1, 0.15) is 5.82 Å². The van der Waals surface area contributed by atoms with E-state index in [-0.39, 0.29) is 12.2 Å². The van der Waals surface area contributed by atoms with Crippen LogP contribution in [-0.2, 0) is 11.3 Å². The summed E-state index contributed by atoms with van der Waals surface area (Å²) in [6.45, 7) is 10.1. The smallest absolute Gasteiger partial charge is 0.128 e. The molecule has 0 bridgehead atoms. The number of nitrogens with one attached hydrogen (secondary N) is 1. The maximum Gasteiger partial charge on any atom is 0.128 e. The van der Waals surface area contributed by atoms with Crippen molar-refractivity contribution in [3.63, 3.8) is 0 Å². The molecule has 0 amide bonds. The second kappa shape index (κ2) is 6.16. The van der Waals surface area contributed by atoms with Crippen LogP contribution >= 0.6 is 0 Å². The zero-order valence-electron chi connectivity index (χ0n) is 11.5. The summed E-state index contributed by atoms with van der Waals surface area (Å²) in [5, 5.41) is 3.30. The first kappa shape index (κ1) is 13.3. The van der Waals surface area contributed by atoms with Gasteiger partial charge in [0.2, 0.25) is 0 Å². The first-order chi connectivity index (χ1) is 8.69. The molecule has 1 aliphatic rings. The largest absolute Gasteiger partial charge is 0.372 e. The molecular weight excluding hydrogens is 226 g/mol. The molecule has 1 saturated heterocycles. The number of pyridine rings is 1. The fourth-order valence-electron chi connectivity index (χ4n) is 2.34. The molecule has 2 heterocycles. The maximum absolute atomic E-state index is 5.74. The van der Waals surface area contributed by atoms with Crippen LogP contribution in [0, 0.1) is 0 Å². The zero-order chi connectivity index (χ0) is 13.0. The number of hydrogen-bond acceptors (Lipinski definition) is 4. The lowest BCUT2D eigenvalue weighted by Crippen LogP contribution is -2.45. The lowest BCUT2D eigenvalue weighted by molar-refractivity contribution is -0.00545. The van der Waals surface area contributed by atoms with Gasteiger partial charge in [0.15, 0.2) is 0 Å². The third kappa shape index (κ3) is 3.43. The molecule has 1 aliphatic heterocycles. The Labute approximate surface area is 109 Å². The van der Waals surface area contributed by atoms with E-state index in [2.05, 4.69) is 48.1 Å². The van der Waals surface area contributed by atoms with Gasteiger partial charge in [-0.15, -0.1) is 0 Å². The average molecular weight is 249 g/mol. The van der Waals surface area contributed by atoms with E-state index in [1.54, 1.807) is 0 Å². The van der Waals surface area contributed by atoms with Gasteiger partial charge in [-0.2, -0.15) is 0 Å². The number of hydrogen-bond donors (Lipinski definition) is 1. The fraction of sp³-hybridized carbons (Fsp3) is 0.643. The van der Waals surface area contributed by atoms with Crippen LogP contribution < -0.4 is 10.2 Å². The van der Waals surface area contributed by atoms with Gasteiger partial charge in [-0.25, -0.2) is 4.98 Å². The van der Waals surface area contributed by atoms with Crippen molar-refractivity contribution >= 4 is 5.82 Å². The van der Waals surface area contributed by atoms with Gasteiger partial charge in [0, 0.05) is 25.8 Å². The van der Waals surface area contributed by atoms with Crippen LogP contribution in [0.2, 0.25) is 0 Å². The van der Waals surface area contributed by atoms with Crippen LogP contribution in [-0.4, -0.2) is 36.8 Å². The van der Waals surface area contributed by atoms with E-state index in [1.807, 2.05) is 6.20 Å². The summed E-state index contributed by atoms with van der Waals surface area (Å²) in [6.07, 6.45) is 2.51. The highest BCUT2D eigenvalue weighted by molar-refractivity contribution is 5.40. The van der Waals surface area contributed by atoms with Crippen molar-refractivity contribution in [3.05, 3.63) is 23.9 Å². The van der Waals surface area contributed by atoms with Crippen LogP contribution in [0.4, 0.5) is 5.82 Å². The predicted molar refractivity (Wildman–Crippen MR) is 73.8 cm³/mol. The molecule has 0 aliphatic carbocycles. The Kier molecular flexibility index (Phi) is 4.55. The van der Waals surface area contributed by atoms with Crippen molar-refractivity contribution in [2.24, 2.45) is 0 Å². The Morgan fingerprint density at radius 3 is 2.61 bits per heavy atom. The summed E-state index contributed by atoms with van der Waals surface area (Å²) in [7, 11) is 0. The van der Waals surface area contributed by atoms with Gasteiger partial charge < -0.3 is 15.0 Å². The number of ether oxygens (including phenoxy) is 1. The van der Waals surface area contributed by atoms with Crippen LogP contribution in [0.3, 0.4) is 0 Å². The minimum Gasteiger partial charge on any atom is -0.372 e. The van der Waals surface area contributed by atoms with Crippen molar-refractivity contribution in [1.82, 2.24) is 10.3 Å². The summed E-state index contributed by atoms with van der Waals surface area (Å²) < 4.78 is 5.74. The Balaban J connectivity index is 2.00. The van der Waals surface area contributed by atoms with E-state index < -0.39 is 0 Å². The molecule has 4 nitrogen and oxygen atoms in total. The van der Waals surface area contributed by atoms with E-state index in [9.17, 15) is 0 Å². The van der Waals surface area contributed by atoms with Crippen molar-refractivity contribution < 1.29 is 4.74 Å². The summed E-state index contributed by atoms with van der Waals surface area (Å²) in [4.78, 5) is 6.86. The standard InChI is InChI=1S/C14H23N3O/c1-4-15-7-13-5-6-14(16-8-13)17-9-11(2)18-12(3)10-17/h5-6,8,11-12,15H,4,7,9-10H2,1-3H3/t11-,12+. The minimum absolute atomic E-state index is 0.275. The van der Waals surface area contributed by atoms with Crippen LogP contribution in [0.25, 0.3) is 0 Å². The average Bonchev–Trinajstić information content (AvgIpc) is 2.36. The molecule has 0 saturated carbocycles. The maximum atomic E-state index is 5.74. The number of morpholine rings is 1. The normalized spacial score (nSPS) is 24.3. The quantitative estimate of drug-likeness (QED) is 0.883. The first-order valence-corrected chi connectivity index (χ1v) is 6.75. The molecule has 1 aromatic heterocycles. The molecule has 0 spiro atoms. The number of rotatable bonds is 4. The van der Waals surface area contributed by atoms with E-state index in [0.29, 0.717) is 0 Å². The topological polar surface area (TPSA) is 37.4 Å². The molecule has 0 radical (unpaired) electrons. The SMILES string of the molecule is CCNCc1ccc(N2C[C@@H](C)O[C@@H](C)C2)nc1. The molecular formula is C14H23N3O. The second-order valence-electron chi connectivity index (χ2n) is 4.97. The molecule has 1 N–H and O–H groups in total. The van der Waals surface area contributed by atoms with Crippen LogP contribution in [0.15, 0.2) is 18.3 Å². The third-order valence-corrected chi connectivity index (χ3v) is 3.13. The van der Waals surface area contributed by atoms with E-state index in [0.717, 1.165) is 32.0 Å². The molecule has 1 fully saturated rings. The first-order valence-electron chi connectivity index (χ1n) is 6.75. The molecule has 0 unspecified atom stereocenters. The predicted octanol–water partition coefficient (Wildman–Crippen LogP) is 1.80. The summed E-state index contributed by atoms with van der Waals surface area (Å²) in [5.74, 6) is 1.05. The summed E-state index contributed by atoms with van der Waals surface area (Å²) in [6, 6.07) is 4.26. The molecule has 2 atom stereocenters. The molecule has 2 rings (SSSR count). The van der Waals surface area contributed by atoms with Gasteiger partial charge in [-0.3, -0.25) is 0 Å². The van der Waals surface area contributed by atoms with Gasteiger partial charge in [-0.05, 0) is 32.0 Å². The van der Waals surface area contributed by atoms with Crippen molar-refractivity contribution in [3.8, 4) is 0 Å². The molecule has 100 valence electrons. The molecule has 4 heteroatoms. The second-order valence-corrected chi connectivity index (χ2v) is 4.97. The van der Waals surface area contributed by atoms with Gasteiger partial charge in [0.25, 0.3) is 0 Å². The van der Waals surface area contributed by atoms with Crippen LogP contribution in [0.5, 0.6) is 0 Å². The van der Waals surface area contributed by atoms with Crippen molar-refractivity contribution in [2.75, 3.05) is 24.5 Å². The minimum atomic E-state index is 0.275. The third-order valence-electron chi connectivity index (χ3n) is 3.13. The highest BCUT2D eigenvalue weighted by Crippen LogP contribution is 2.18. The van der Waals surface area contributed by atoms with Gasteiger partial charge >= 0.3 is 0 Å². The Hall–Kier alpha value is -1.13. The highest BCUT2D eigenvalue weighted by Gasteiger charge is 2.22. The lowest BCUT2D eigenvalue weighted by Gasteiger charge is -2.36. The van der Waals surface area contributed by atoms with Crippen molar-refractivity contribution in [2.45, 2.75) is 39.5 Å².